The molecule has 2 atom stereocenters. The average Bonchev–Trinajstić information content (AvgIpc) is 3.97. The second-order valence-corrected chi connectivity index (χ2v) is 16.9. The zero-order chi connectivity index (χ0) is 44.2. The number of nitrogens with zero attached hydrogens (tertiary/aromatic N) is 6. The Kier molecular flexibility index (Phi) is 12.8. The highest BCUT2D eigenvalue weighted by Gasteiger charge is 2.33. The number of aromatic amines is 2. The summed E-state index contributed by atoms with van der Waals surface area (Å²) >= 11 is 0. The quantitative estimate of drug-likeness (QED) is 0.0918. The van der Waals surface area contributed by atoms with Crippen molar-refractivity contribution in [2.45, 2.75) is 77.9 Å². The Morgan fingerprint density at radius 1 is 0.762 bits per heavy atom. The number of ether oxygens (including phenoxy) is 2. The molecule has 2 aliphatic heterocycles. The van der Waals surface area contributed by atoms with Crippen molar-refractivity contribution in [2.75, 3.05) is 41.3 Å². The van der Waals surface area contributed by atoms with Crippen LogP contribution in [-0.2, 0) is 35.9 Å². The molecule has 0 saturated carbocycles. The van der Waals surface area contributed by atoms with Gasteiger partial charge in [-0.2, -0.15) is 0 Å². The number of amides is 4. The maximum Gasteiger partial charge on any atom is 0.317 e. The number of rotatable bonds is 16. The minimum absolute atomic E-state index is 0.0853. The monoisotopic (exact) mass is 851 g/mol. The van der Waals surface area contributed by atoms with E-state index in [0.29, 0.717) is 44.2 Å². The Bertz CT molecular complexity index is 2490. The molecule has 63 heavy (non-hydrogen) atoms. The Morgan fingerprint density at radius 2 is 1.32 bits per heavy atom. The van der Waals surface area contributed by atoms with Crippen LogP contribution in [0.4, 0.5) is 4.79 Å². The summed E-state index contributed by atoms with van der Waals surface area (Å²) in [5, 5.41) is 2.90. The van der Waals surface area contributed by atoms with Gasteiger partial charge in [-0.25, -0.2) is 14.8 Å². The topological polar surface area (TPSA) is 152 Å². The lowest BCUT2D eigenvalue weighted by molar-refractivity contribution is -0.136. The van der Waals surface area contributed by atoms with Gasteiger partial charge >= 0.3 is 6.03 Å². The normalized spacial score (nSPS) is 14.5. The van der Waals surface area contributed by atoms with Crippen LogP contribution in [0.2, 0.25) is 0 Å². The minimum Gasteiger partial charge on any atom is -0.488 e. The largest absolute Gasteiger partial charge is 0.488 e. The molecule has 0 radical (unpaired) electrons. The molecule has 4 heterocycles. The van der Waals surface area contributed by atoms with Gasteiger partial charge in [-0.15, -0.1) is 0 Å². The molecule has 3 aliphatic rings. The lowest BCUT2D eigenvalue weighted by Gasteiger charge is -2.32. The first-order valence-corrected chi connectivity index (χ1v) is 21.8. The second-order valence-electron chi connectivity index (χ2n) is 16.9. The molecule has 1 aliphatic carbocycles. The van der Waals surface area contributed by atoms with Crippen LogP contribution in [0, 0.1) is 0 Å². The fraction of sp³-hybridized carbons (Fsp3) is 0.367. The van der Waals surface area contributed by atoms with E-state index in [1.165, 1.54) is 4.90 Å². The van der Waals surface area contributed by atoms with Crippen LogP contribution in [0.3, 0.4) is 0 Å². The fourth-order valence-electron chi connectivity index (χ4n) is 8.71. The van der Waals surface area contributed by atoms with Gasteiger partial charge in [-0.1, -0.05) is 62.4 Å². The molecule has 14 heteroatoms. The number of hydrogen-bond donors (Lipinski definition) is 3. The highest BCUT2D eigenvalue weighted by molar-refractivity contribution is 5.90. The van der Waals surface area contributed by atoms with Gasteiger partial charge in [0, 0.05) is 60.6 Å². The van der Waals surface area contributed by atoms with Crippen molar-refractivity contribution in [1.82, 2.24) is 44.9 Å². The van der Waals surface area contributed by atoms with Crippen LogP contribution < -0.4 is 14.8 Å². The molecular weight excluding hydrogens is 795 g/mol. The van der Waals surface area contributed by atoms with Gasteiger partial charge in [0.1, 0.15) is 48.4 Å². The summed E-state index contributed by atoms with van der Waals surface area (Å²) in [6.45, 7) is 6.58. The lowest BCUT2D eigenvalue weighted by Crippen LogP contribution is -2.47. The molecule has 3 aromatic carbocycles. The molecule has 4 amide bonds. The van der Waals surface area contributed by atoms with Crippen molar-refractivity contribution in [3.63, 3.8) is 0 Å². The number of benzene rings is 3. The van der Waals surface area contributed by atoms with E-state index >= 15 is 0 Å². The SMILES string of the molecule is CCCN(Cc1ncc(-c2cc3c4c(c2)OCc2cc(-c5cnc(CN(CCC)C(=O)[C@H](NC(=O)N(C)C)c6ccccc6)[nH]5)cc(c2-4)OC3)[nH]1)C(=O)[C@@H](C1=CC=CCC1)N(C)C. The van der Waals surface area contributed by atoms with Gasteiger partial charge < -0.3 is 39.5 Å². The van der Waals surface area contributed by atoms with Crippen LogP contribution in [0.5, 0.6) is 11.5 Å². The molecule has 8 rings (SSSR count). The molecule has 328 valence electrons. The fourth-order valence-corrected chi connectivity index (χ4v) is 8.71. The third-order valence-corrected chi connectivity index (χ3v) is 11.8. The summed E-state index contributed by atoms with van der Waals surface area (Å²) in [5.74, 6) is 2.78. The molecular formula is C49H57N9O5. The number of hydrogen-bond acceptors (Lipinski definition) is 8. The minimum atomic E-state index is -0.851. The van der Waals surface area contributed by atoms with E-state index in [1.54, 1.807) is 25.2 Å². The third-order valence-electron chi connectivity index (χ3n) is 11.8. The van der Waals surface area contributed by atoms with Gasteiger partial charge in [-0.3, -0.25) is 14.5 Å². The van der Waals surface area contributed by atoms with Crippen molar-refractivity contribution in [3.8, 4) is 45.1 Å². The summed E-state index contributed by atoms with van der Waals surface area (Å²) in [6.07, 6.45) is 13.3. The van der Waals surface area contributed by atoms with Crippen LogP contribution in [0.1, 0.15) is 73.9 Å². The van der Waals surface area contributed by atoms with Crippen LogP contribution >= 0.6 is 0 Å². The molecule has 0 saturated heterocycles. The number of H-pyrrole nitrogens is 2. The third kappa shape index (κ3) is 9.12. The molecule has 14 nitrogen and oxygen atoms in total. The first-order chi connectivity index (χ1) is 30.5. The molecule has 0 spiro atoms. The van der Waals surface area contributed by atoms with Crippen molar-refractivity contribution in [1.29, 1.82) is 0 Å². The summed E-state index contributed by atoms with van der Waals surface area (Å²) < 4.78 is 12.9. The standard InChI is InChI=1S/C49H57N9O5/c1-7-19-57(47(59)45(54-49(61)56(5)6)31-15-11-9-12-16-31)27-41-50-25-37(52-41)33-21-35-29-63-40-24-34(22-36-30-62-39(23-33)43(35)44(36)40)38-26-51-42(53-38)28-58(20-8-2)48(60)46(55(3)4)32-17-13-10-14-18-32/h9-13,15-17,21-26,45-46H,7-8,14,18-20,27-30H2,1-6H3,(H,50,52)(H,51,53)(H,54,61)/t45-,46-/m1/s1. The number of aromatic nitrogens is 4. The number of imidazole rings is 2. The van der Waals surface area contributed by atoms with Gasteiger partial charge in [0.05, 0.1) is 36.9 Å². The van der Waals surface area contributed by atoms with Gasteiger partial charge in [0.25, 0.3) is 0 Å². The number of carbonyl (C=O) groups excluding carboxylic acids is 3. The van der Waals surface area contributed by atoms with Crippen LogP contribution in [0.25, 0.3) is 33.6 Å². The van der Waals surface area contributed by atoms with Gasteiger partial charge in [-0.05, 0) is 75.2 Å². The van der Waals surface area contributed by atoms with Crippen LogP contribution in [-0.4, -0.2) is 105 Å². The van der Waals surface area contributed by atoms with E-state index in [1.807, 2.05) is 73.4 Å². The van der Waals surface area contributed by atoms with E-state index in [2.05, 4.69) is 58.6 Å². The first-order valence-electron chi connectivity index (χ1n) is 21.8. The molecule has 5 aromatic rings. The zero-order valence-electron chi connectivity index (χ0n) is 37.0. The van der Waals surface area contributed by atoms with E-state index < -0.39 is 6.04 Å². The second kappa shape index (κ2) is 18.7. The first kappa shape index (κ1) is 43.0. The predicted molar refractivity (Wildman–Crippen MR) is 242 cm³/mol. The van der Waals surface area contributed by atoms with E-state index in [-0.39, 0.29) is 30.4 Å². The number of carbonyl (C=O) groups is 3. The Balaban J connectivity index is 0.997. The molecule has 0 bridgehead atoms. The molecule has 0 fully saturated rings. The van der Waals surface area contributed by atoms with E-state index in [9.17, 15) is 14.4 Å². The summed E-state index contributed by atoms with van der Waals surface area (Å²) in [5.41, 5.74) is 9.39. The van der Waals surface area contributed by atoms with Crippen molar-refractivity contribution in [2.24, 2.45) is 0 Å². The Labute approximate surface area is 369 Å². The van der Waals surface area contributed by atoms with E-state index in [4.69, 9.17) is 19.4 Å². The van der Waals surface area contributed by atoms with Gasteiger partial charge in [0.15, 0.2) is 0 Å². The molecule has 0 unspecified atom stereocenters. The smallest absolute Gasteiger partial charge is 0.317 e. The Morgan fingerprint density at radius 3 is 1.81 bits per heavy atom. The van der Waals surface area contributed by atoms with E-state index in [0.717, 1.165) is 93.3 Å². The summed E-state index contributed by atoms with van der Waals surface area (Å²) in [7, 11) is 7.23. The predicted octanol–water partition coefficient (Wildman–Crippen LogP) is 7.61. The number of allylic oxidation sites excluding steroid dienone is 3. The lowest BCUT2D eigenvalue weighted by atomic mass is 9.87. The molecule has 2 aromatic heterocycles. The summed E-state index contributed by atoms with van der Waals surface area (Å²) in [6, 6.07) is 16.1. The average molecular weight is 852 g/mol. The maximum atomic E-state index is 14.1. The van der Waals surface area contributed by atoms with Crippen molar-refractivity contribution < 1.29 is 23.9 Å². The maximum absolute atomic E-state index is 14.1. The number of likely N-dealkylation sites (N-methyl/N-ethyl adjacent to an activating group) is 1. The highest BCUT2D eigenvalue weighted by Crippen LogP contribution is 2.50. The summed E-state index contributed by atoms with van der Waals surface area (Å²) in [4.78, 5) is 64.3. The number of urea groups is 1. The van der Waals surface area contributed by atoms with Gasteiger partial charge in [0.2, 0.25) is 11.8 Å². The zero-order valence-corrected chi connectivity index (χ0v) is 37.0. The van der Waals surface area contributed by atoms with Crippen molar-refractivity contribution in [3.05, 3.63) is 119 Å². The van der Waals surface area contributed by atoms with Crippen molar-refractivity contribution >= 4 is 17.8 Å². The van der Waals surface area contributed by atoms with Crippen LogP contribution in [0.15, 0.2) is 90.8 Å². The molecule has 3 N–H and O–H groups in total. The Hall–Kier alpha value is -6.67. The number of nitrogens with one attached hydrogen (secondary N) is 3. The highest BCUT2D eigenvalue weighted by atomic mass is 16.5.